The molecule has 1 heterocycles. The van der Waals surface area contributed by atoms with Gasteiger partial charge >= 0.3 is 0 Å². The van der Waals surface area contributed by atoms with Crippen molar-refractivity contribution in [2.24, 2.45) is 0 Å². The lowest BCUT2D eigenvalue weighted by Gasteiger charge is -2.19. The molecule has 15 heavy (non-hydrogen) atoms. The number of aromatic nitrogens is 2. The summed E-state index contributed by atoms with van der Waals surface area (Å²) < 4.78 is 6.91. The number of aryl methyl sites for hydroxylation is 1. The predicted octanol–water partition coefficient (Wildman–Crippen LogP) is 1.90. The first-order valence-electron chi connectivity index (χ1n) is 5.13. The molecule has 0 bridgehead atoms. The molecule has 0 N–H and O–H groups in total. The van der Waals surface area contributed by atoms with Gasteiger partial charge in [0, 0.05) is 19.9 Å². The molecule has 1 aromatic heterocycles. The molecule has 0 saturated heterocycles. The Balaban J connectivity index is 2.83. The SMILES string of the molecule is CCCn1cc(C(=O)C(C)(C)OC)cn1. The van der Waals surface area contributed by atoms with Crippen LogP contribution in [0.5, 0.6) is 0 Å². The molecule has 84 valence electrons. The number of rotatable bonds is 5. The first-order valence-corrected chi connectivity index (χ1v) is 5.13. The van der Waals surface area contributed by atoms with E-state index in [0.29, 0.717) is 5.56 Å². The van der Waals surface area contributed by atoms with Crippen LogP contribution in [-0.4, -0.2) is 28.3 Å². The molecule has 0 amide bonds. The fraction of sp³-hybridized carbons (Fsp3) is 0.636. The molecule has 1 aromatic rings. The zero-order valence-corrected chi connectivity index (χ0v) is 9.78. The van der Waals surface area contributed by atoms with Gasteiger partial charge in [-0.25, -0.2) is 0 Å². The van der Waals surface area contributed by atoms with Crippen LogP contribution in [0.2, 0.25) is 0 Å². The minimum Gasteiger partial charge on any atom is -0.371 e. The maximum Gasteiger partial charge on any atom is 0.197 e. The van der Waals surface area contributed by atoms with Crippen molar-refractivity contribution in [3.05, 3.63) is 18.0 Å². The Hall–Kier alpha value is -1.16. The van der Waals surface area contributed by atoms with E-state index in [-0.39, 0.29) is 5.78 Å². The Labute approximate surface area is 90.2 Å². The van der Waals surface area contributed by atoms with Gasteiger partial charge in [-0.1, -0.05) is 6.92 Å². The summed E-state index contributed by atoms with van der Waals surface area (Å²) in [6.45, 7) is 6.42. The molecule has 0 aromatic carbocycles. The molecule has 4 heteroatoms. The number of ketones is 1. The average Bonchev–Trinajstić information content (AvgIpc) is 2.66. The lowest BCUT2D eigenvalue weighted by atomic mass is 9.99. The Morgan fingerprint density at radius 1 is 1.60 bits per heavy atom. The van der Waals surface area contributed by atoms with Gasteiger partial charge < -0.3 is 4.74 Å². The molecular weight excluding hydrogens is 192 g/mol. The number of carbonyl (C=O) groups is 1. The molecule has 0 aliphatic rings. The standard InChI is InChI=1S/C11H18N2O2/c1-5-6-13-8-9(7-12-13)10(14)11(2,3)15-4/h7-8H,5-6H2,1-4H3. The molecule has 1 rings (SSSR count). The van der Waals surface area contributed by atoms with Crippen LogP contribution in [0.3, 0.4) is 0 Å². The van der Waals surface area contributed by atoms with E-state index in [0.717, 1.165) is 13.0 Å². The highest BCUT2D eigenvalue weighted by molar-refractivity contribution is 6.01. The maximum absolute atomic E-state index is 11.9. The van der Waals surface area contributed by atoms with Crippen molar-refractivity contribution in [2.75, 3.05) is 7.11 Å². The highest BCUT2D eigenvalue weighted by atomic mass is 16.5. The molecule has 0 radical (unpaired) electrons. The fourth-order valence-corrected chi connectivity index (χ4v) is 1.27. The highest BCUT2D eigenvalue weighted by Gasteiger charge is 2.28. The second-order valence-corrected chi connectivity index (χ2v) is 4.04. The summed E-state index contributed by atoms with van der Waals surface area (Å²) in [4.78, 5) is 11.9. The van der Waals surface area contributed by atoms with Crippen molar-refractivity contribution >= 4 is 5.78 Å². The van der Waals surface area contributed by atoms with Crippen molar-refractivity contribution in [1.29, 1.82) is 0 Å². The van der Waals surface area contributed by atoms with E-state index in [1.165, 1.54) is 7.11 Å². The first-order chi connectivity index (χ1) is 7.01. The van der Waals surface area contributed by atoms with E-state index in [1.807, 2.05) is 0 Å². The molecule has 0 atom stereocenters. The molecular formula is C11H18N2O2. The third-order valence-electron chi connectivity index (χ3n) is 2.41. The fourth-order valence-electron chi connectivity index (χ4n) is 1.27. The van der Waals surface area contributed by atoms with Crippen LogP contribution in [0.25, 0.3) is 0 Å². The molecule has 4 nitrogen and oxygen atoms in total. The number of carbonyl (C=O) groups excluding carboxylic acids is 1. The zero-order valence-electron chi connectivity index (χ0n) is 9.78. The summed E-state index contributed by atoms with van der Waals surface area (Å²) in [5.41, 5.74) is -0.171. The van der Waals surface area contributed by atoms with E-state index in [9.17, 15) is 4.79 Å². The van der Waals surface area contributed by atoms with Gasteiger partial charge in [0.05, 0.1) is 11.8 Å². The van der Waals surface area contributed by atoms with Crippen LogP contribution >= 0.6 is 0 Å². The summed E-state index contributed by atoms with van der Waals surface area (Å²) in [7, 11) is 1.54. The van der Waals surface area contributed by atoms with E-state index in [4.69, 9.17) is 4.74 Å². The maximum atomic E-state index is 11.9. The van der Waals surface area contributed by atoms with Crippen molar-refractivity contribution in [1.82, 2.24) is 9.78 Å². The summed E-state index contributed by atoms with van der Waals surface area (Å²) in [6, 6.07) is 0. The van der Waals surface area contributed by atoms with Gasteiger partial charge in [0.2, 0.25) is 0 Å². The van der Waals surface area contributed by atoms with Gasteiger partial charge in [0.15, 0.2) is 5.78 Å². The third-order valence-corrected chi connectivity index (χ3v) is 2.41. The number of Topliss-reactive ketones (excluding diaryl/α,β-unsaturated/α-hetero) is 1. The van der Waals surface area contributed by atoms with Crippen molar-refractivity contribution in [2.45, 2.75) is 39.3 Å². The molecule has 0 aliphatic carbocycles. The van der Waals surface area contributed by atoms with Crippen LogP contribution in [-0.2, 0) is 11.3 Å². The monoisotopic (exact) mass is 210 g/mol. The van der Waals surface area contributed by atoms with E-state index in [2.05, 4.69) is 12.0 Å². The normalized spacial score (nSPS) is 11.7. The smallest absolute Gasteiger partial charge is 0.197 e. The highest BCUT2D eigenvalue weighted by Crippen LogP contribution is 2.15. The summed E-state index contributed by atoms with van der Waals surface area (Å²) in [6.07, 6.45) is 4.37. The molecule has 0 spiro atoms. The quantitative estimate of drug-likeness (QED) is 0.697. The van der Waals surface area contributed by atoms with Gasteiger partial charge in [0.25, 0.3) is 0 Å². The van der Waals surface area contributed by atoms with Gasteiger partial charge in [-0.15, -0.1) is 0 Å². The number of hydrogen-bond acceptors (Lipinski definition) is 3. The minimum atomic E-state index is -0.778. The number of methoxy groups -OCH3 is 1. The molecule has 0 unspecified atom stereocenters. The first kappa shape index (κ1) is 11.9. The summed E-state index contributed by atoms with van der Waals surface area (Å²) in [5.74, 6) is -0.0349. The van der Waals surface area contributed by atoms with Crippen LogP contribution < -0.4 is 0 Å². The Morgan fingerprint density at radius 2 is 2.27 bits per heavy atom. The van der Waals surface area contributed by atoms with Crippen molar-refractivity contribution in [3.8, 4) is 0 Å². The largest absolute Gasteiger partial charge is 0.371 e. The van der Waals surface area contributed by atoms with E-state index < -0.39 is 5.60 Å². The topological polar surface area (TPSA) is 44.1 Å². The summed E-state index contributed by atoms with van der Waals surface area (Å²) in [5, 5.41) is 4.12. The van der Waals surface area contributed by atoms with Gasteiger partial charge in [0.1, 0.15) is 5.60 Å². The lowest BCUT2D eigenvalue weighted by Crippen LogP contribution is -2.33. The average molecular weight is 210 g/mol. The van der Waals surface area contributed by atoms with Crippen LogP contribution in [0, 0.1) is 0 Å². The number of hydrogen-bond donors (Lipinski definition) is 0. The molecule has 0 aliphatic heterocycles. The Bertz CT molecular complexity index is 342. The zero-order chi connectivity index (χ0) is 11.5. The van der Waals surface area contributed by atoms with Crippen LogP contribution in [0.1, 0.15) is 37.6 Å². The predicted molar refractivity (Wildman–Crippen MR) is 57.9 cm³/mol. The summed E-state index contributed by atoms with van der Waals surface area (Å²) >= 11 is 0. The number of nitrogens with zero attached hydrogens (tertiary/aromatic N) is 2. The van der Waals surface area contributed by atoms with Gasteiger partial charge in [-0.05, 0) is 20.3 Å². The van der Waals surface area contributed by atoms with E-state index in [1.54, 1.807) is 30.9 Å². The van der Waals surface area contributed by atoms with Gasteiger partial charge in [-0.2, -0.15) is 5.10 Å². The lowest BCUT2D eigenvalue weighted by molar-refractivity contribution is 0.0228. The van der Waals surface area contributed by atoms with E-state index >= 15 is 0 Å². The second kappa shape index (κ2) is 4.57. The van der Waals surface area contributed by atoms with Crippen molar-refractivity contribution in [3.63, 3.8) is 0 Å². The van der Waals surface area contributed by atoms with Crippen LogP contribution in [0.4, 0.5) is 0 Å². The Morgan fingerprint density at radius 3 is 2.80 bits per heavy atom. The Kier molecular flexibility index (Phi) is 3.63. The molecule has 0 saturated carbocycles. The number of ether oxygens (including phenoxy) is 1. The van der Waals surface area contributed by atoms with Crippen LogP contribution in [0.15, 0.2) is 12.4 Å². The second-order valence-electron chi connectivity index (χ2n) is 4.04. The molecule has 0 fully saturated rings. The third kappa shape index (κ3) is 2.65. The minimum absolute atomic E-state index is 0.0349. The van der Waals surface area contributed by atoms with Crippen molar-refractivity contribution < 1.29 is 9.53 Å². The van der Waals surface area contributed by atoms with Gasteiger partial charge in [-0.3, -0.25) is 9.48 Å².